The van der Waals surface area contributed by atoms with Crippen LogP contribution in [-0.4, -0.2) is 5.71 Å². The van der Waals surface area contributed by atoms with Crippen molar-refractivity contribution in [2.24, 2.45) is 5.16 Å². The quantitative estimate of drug-likeness (QED) is 0.356. The smallest absolute Gasteiger partial charge is 0.145 e. The number of halogens is 2. The Morgan fingerprint density at radius 2 is 1.57 bits per heavy atom. The lowest BCUT2D eigenvalue weighted by atomic mass is 10.1. The molecule has 3 aromatic carbocycles. The molecular formula is C23H20Cl2N2O. The Morgan fingerprint density at radius 1 is 0.929 bits per heavy atom. The van der Waals surface area contributed by atoms with E-state index in [1.54, 1.807) is 12.1 Å². The molecule has 0 fully saturated rings. The van der Waals surface area contributed by atoms with Gasteiger partial charge in [0.2, 0.25) is 0 Å². The first-order chi connectivity index (χ1) is 13.6. The highest BCUT2D eigenvalue weighted by Crippen LogP contribution is 2.29. The van der Waals surface area contributed by atoms with Gasteiger partial charge < -0.3 is 9.74 Å². The van der Waals surface area contributed by atoms with Crippen LogP contribution in [0, 0.1) is 0 Å². The minimum absolute atomic E-state index is 0.233. The van der Waals surface area contributed by atoms with E-state index in [0.717, 1.165) is 29.9 Å². The van der Waals surface area contributed by atoms with Crippen LogP contribution in [0.25, 0.3) is 0 Å². The van der Waals surface area contributed by atoms with Crippen molar-refractivity contribution < 1.29 is 4.84 Å². The Balaban J connectivity index is 1.46. The predicted octanol–water partition coefficient (Wildman–Crippen LogP) is 6.45. The minimum Gasteiger partial charge on any atom is -0.391 e. The molecule has 0 bridgehead atoms. The average molecular weight is 411 g/mol. The summed E-state index contributed by atoms with van der Waals surface area (Å²) >= 11 is 12.4. The molecule has 1 heterocycles. The summed E-state index contributed by atoms with van der Waals surface area (Å²) in [4.78, 5) is 7.89. The number of benzene rings is 3. The molecule has 142 valence electrons. The molecule has 0 saturated carbocycles. The SMILES string of the molecule is CC(=NOCc1c(Cl)cccc1Cl)c1cccc(N2Cc3ccccc3C2)c1. The van der Waals surface area contributed by atoms with Gasteiger partial charge in [-0.1, -0.05) is 70.8 Å². The van der Waals surface area contributed by atoms with E-state index < -0.39 is 0 Å². The molecule has 3 nitrogen and oxygen atoms in total. The minimum atomic E-state index is 0.233. The van der Waals surface area contributed by atoms with Crippen molar-refractivity contribution in [2.75, 3.05) is 4.90 Å². The Kier molecular flexibility index (Phi) is 5.56. The average Bonchev–Trinajstić information content (AvgIpc) is 3.14. The summed E-state index contributed by atoms with van der Waals surface area (Å²) in [6.07, 6.45) is 0. The lowest BCUT2D eigenvalue weighted by Crippen LogP contribution is -2.14. The van der Waals surface area contributed by atoms with Crippen LogP contribution in [0.15, 0.2) is 71.9 Å². The molecule has 0 atom stereocenters. The molecule has 4 rings (SSSR count). The molecule has 28 heavy (non-hydrogen) atoms. The first kappa shape index (κ1) is 18.9. The summed E-state index contributed by atoms with van der Waals surface area (Å²) in [6.45, 7) is 4.03. The molecular weight excluding hydrogens is 391 g/mol. The van der Waals surface area contributed by atoms with Crippen molar-refractivity contribution in [3.8, 4) is 0 Å². The number of anilines is 1. The third-order valence-corrected chi connectivity index (χ3v) is 5.65. The molecule has 0 aliphatic carbocycles. The third-order valence-electron chi connectivity index (χ3n) is 4.94. The first-order valence-electron chi connectivity index (χ1n) is 9.13. The number of fused-ring (bicyclic) bond motifs is 1. The van der Waals surface area contributed by atoms with Gasteiger partial charge >= 0.3 is 0 Å². The van der Waals surface area contributed by atoms with E-state index in [0.29, 0.717) is 10.0 Å². The van der Waals surface area contributed by atoms with Crippen LogP contribution in [0.1, 0.15) is 29.2 Å². The molecule has 1 aliphatic heterocycles. The zero-order valence-corrected chi connectivity index (χ0v) is 17.0. The highest BCUT2D eigenvalue weighted by molar-refractivity contribution is 6.35. The number of oxime groups is 1. The molecule has 0 N–H and O–H groups in total. The molecule has 0 amide bonds. The van der Waals surface area contributed by atoms with Gasteiger partial charge in [-0.2, -0.15) is 0 Å². The van der Waals surface area contributed by atoms with E-state index in [1.807, 2.05) is 19.1 Å². The van der Waals surface area contributed by atoms with Crippen LogP contribution in [0.3, 0.4) is 0 Å². The van der Waals surface area contributed by atoms with Crippen LogP contribution in [0.4, 0.5) is 5.69 Å². The van der Waals surface area contributed by atoms with Gasteiger partial charge in [0.25, 0.3) is 0 Å². The van der Waals surface area contributed by atoms with Crippen molar-refractivity contribution in [2.45, 2.75) is 26.6 Å². The van der Waals surface area contributed by atoms with Gasteiger partial charge in [0, 0.05) is 39.9 Å². The zero-order valence-electron chi connectivity index (χ0n) is 15.5. The van der Waals surface area contributed by atoms with Gasteiger partial charge in [0.1, 0.15) is 6.61 Å². The molecule has 1 aliphatic rings. The lowest BCUT2D eigenvalue weighted by molar-refractivity contribution is 0.130. The monoisotopic (exact) mass is 410 g/mol. The number of hydrogen-bond acceptors (Lipinski definition) is 3. The molecule has 3 aromatic rings. The Bertz CT molecular complexity index is 987. The maximum Gasteiger partial charge on any atom is 0.145 e. The van der Waals surface area contributed by atoms with Crippen LogP contribution in [0.5, 0.6) is 0 Å². The van der Waals surface area contributed by atoms with Crippen molar-refractivity contribution in [3.63, 3.8) is 0 Å². The number of rotatable bonds is 5. The zero-order chi connectivity index (χ0) is 19.5. The van der Waals surface area contributed by atoms with Gasteiger partial charge in [-0.15, -0.1) is 0 Å². The van der Waals surface area contributed by atoms with E-state index >= 15 is 0 Å². The van der Waals surface area contributed by atoms with E-state index in [9.17, 15) is 0 Å². The highest BCUT2D eigenvalue weighted by Gasteiger charge is 2.18. The number of hydrogen-bond donors (Lipinski definition) is 0. The summed E-state index contributed by atoms with van der Waals surface area (Å²) in [5.74, 6) is 0. The molecule has 0 radical (unpaired) electrons. The van der Waals surface area contributed by atoms with Gasteiger partial charge in [0.15, 0.2) is 0 Å². The topological polar surface area (TPSA) is 24.8 Å². The van der Waals surface area contributed by atoms with Crippen LogP contribution in [-0.2, 0) is 24.5 Å². The normalized spacial score (nSPS) is 13.5. The fraction of sp³-hybridized carbons (Fsp3) is 0.174. The van der Waals surface area contributed by atoms with Crippen molar-refractivity contribution >= 4 is 34.6 Å². The Morgan fingerprint density at radius 3 is 2.25 bits per heavy atom. The van der Waals surface area contributed by atoms with Gasteiger partial charge in [-0.05, 0) is 42.3 Å². The molecule has 0 aromatic heterocycles. The highest BCUT2D eigenvalue weighted by atomic mass is 35.5. The summed E-state index contributed by atoms with van der Waals surface area (Å²) in [7, 11) is 0. The third kappa shape index (κ3) is 4.01. The van der Waals surface area contributed by atoms with Crippen LogP contribution >= 0.6 is 23.2 Å². The van der Waals surface area contributed by atoms with Gasteiger partial charge in [-0.25, -0.2) is 0 Å². The predicted molar refractivity (Wildman–Crippen MR) is 116 cm³/mol. The Labute approximate surface area is 175 Å². The second-order valence-electron chi connectivity index (χ2n) is 6.83. The summed E-state index contributed by atoms with van der Waals surface area (Å²) in [5, 5.41) is 5.42. The van der Waals surface area contributed by atoms with E-state index in [-0.39, 0.29) is 6.61 Å². The maximum atomic E-state index is 6.18. The number of nitrogens with zero attached hydrogens (tertiary/aromatic N) is 2. The second kappa shape index (κ2) is 8.26. The first-order valence-corrected chi connectivity index (χ1v) is 9.89. The van der Waals surface area contributed by atoms with Crippen molar-refractivity contribution in [1.82, 2.24) is 0 Å². The van der Waals surface area contributed by atoms with Gasteiger partial charge in [-0.3, -0.25) is 0 Å². The van der Waals surface area contributed by atoms with Crippen LogP contribution in [0.2, 0.25) is 10.0 Å². The largest absolute Gasteiger partial charge is 0.391 e. The fourth-order valence-corrected chi connectivity index (χ4v) is 3.87. The lowest BCUT2D eigenvalue weighted by Gasteiger charge is -2.18. The standard InChI is InChI=1S/C23H20Cl2N2O/c1-16(26-28-15-21-22(24)10-5-11-23(21)25)17-8-4-9-20(12-17)27-13-18-6-2-3-7-19(18)14-27/h2-12H,13-15H2,1H3. The Hall–Kier alpha value is -2.49. The maximum absolute atomic E-state index is 6.18. The van der Waals surface area contributed by atoms with Crippen molar-refractivity contribution in [3.05, 3.63) is 99.0 Å². The fourth-order valence-electron chi connectivity index (χ4n) is 3.36. The van der Waals surface area contributed by atoms with E-state index in [1.165, 1.54) is 16.8 Å². The summed E-state index contributed by atoms with van der Waals surface area (Å²) < 4.78 is 0. The molecule has 5 heteroatoms. The molecule has 0 unspecified atom stereocenters. The second-order valence-corrected chi connectivity index (χ2v) is 7.64. The van der Waals surface area contributed by atoms with Crippen LogP contribution < -0.4 is 4.90 Å². The summed E-state index contributed by atoms with van der Waals surface area (Å²) in [5.41, 5.74) is 6.53. The molecule has 0 saturated heterocycles. The van der Waals surface area contributed by atoms with E-state index in [4.69, 9.17) is 28.0 Å². The van der Waals surface area contributed by atoms with Gasteiger partial charge in [0.05, 0.1) is 5.71 Å². The molecule has 0 spiro atoms. The van der Waals surface area contributed by atoms with E-state index in [2.05, 4.69) is 52.5 Å². The van der Waals surface area contributed by atoms with Crippen molar-refractivity contribution in [1.29, 1.82) is 0 Å². The summed E-state index contributed by atoms with van der Waals surface area (Å²) in [6, 6.07) is 22.3.